The summed E-state index contributed by atoms with van der Waals surface area (Å²) >= 11 is 16.4. The largest absolute Gasteiger partial charge is 0.493 e. The van der Waals surface area contributed by atoms with E-state index in [-0.39, 0.29) is 17.1 Å². The lowest BCUT2D eigenvalue weighted by atomic mass is 10.1. The van der Waals surface area contributed by atoms with Crippen LogP contribution in [0.25, 0.3) is 0 Å². The molecular weight excluding hydrogens is 344 g/mol. The Balaban J connectivity index is 3.11. The molecule has 1 aromatic carbocycles. The first-order chi connectivity index (χ1) is 9.74. The highest BCUT2D eigenvalue weighted by Gasteiger charge is 2.32. The molecule has 21 heavy (non-hydrogen) atoms. The zero-order valence-corrected chi connectivity index (χ0v) is 13.7. The van der Waals surface area contributed by atoms with Crippen LogP contribution >= 0.6 is 34.8 Å². The Labute approximate surface area is 136 Å². The molecule has 6 nitrogen and oxygen atoms in total. The van der Waals surface area contributed by atoms with Gasteiger partial charge in [0, 0.05) is 5.56 Å². The van der Waals surface area contributed by atoms with Crippen molar-refractivity contribution in [2.45, 2.75) is 10.0 Å². The molecule has 0 aromatic heterocycles. The van der Waals surface area contributed by atoms with Gasteiger partial charge in [-0.15, -0.1) is 0 Å². The first kappa shape index (κ1) is 18.0. The van der Waals surface area contributed by atoms with Gasteiger partial charge in [0.25, 0.3) is 5.91 Å². The van der Waals surface area contributed by atoms with Gasteiger partial charge < -0.3 is 24.6 Å². The van der Waals surface area contributed by atoms with E-state index in [1.807, 2.05) is 0 Å². The van der Waals surface area contributed by atoms with Crippen LogP contribution in [0.3, 0.4) is 0 Å². The number of aliphatic hydroxyl groups is 1. The number of hydrogen-bond acceptors (Lipinski definition) is 5. The van der Waals surface area contributed by atoms with Crippen molar-refractivity contribution in [2.24, 2.45) is 0 Å². The first-order valence-electron chi connectivity index (χ1n) is 5.60. The van der Waals surface area contributed by atoms with Crippen LogP contribution in [-0.4, -0.2) is 42.4 Å². The molecule has 0 spiro atoms. The van der Waals surface area contributed by atoms with Crippen molar-refractivity contribution in [1.82, 2.24) is 5.32 Å². The lowest BCUT2D eigenvalue weighted by Gasteiger charge is -2.20. The Bertz CT molecular complexity index is 493. The van der Waals surface area contributed by atoms with Crippen molar-refractivity contribution in [3.05, 3.63) is 17.7 Å². The lowest BCUT2D eigenvalue weighted by Crippen LogP contribution is -2.43. The number of halogens is 3. The van der Waals surface area contributed by atoms with E-state index >= 15 is 0 Å². The number of alkyl halides is 3. The number of aliphatic hydroxyl groups excluding tert-OH is 1. The zero-order valence-electron chi connectivity index (χ0n) is 11.4. The molecule has 1 atom stereocenters. The highest BCUT2D eigenvalue weighted by Crippen LogP contribution is 2.38. The topological polar surface area (TPSA) is 77.0 Å². The van der Waals surface area contributed by atoms with Gasteiger partial charge >= 0.3 is 0 Å². The Hall–Kier alpha value is -1.08. The fourth-order valence-electron chi connectivity index (χ4n) is 1.50. The molecule has 0 aliphatic carbocycles. The van der Waals surface area contributed by atoms with Crippen LogP contribution < -0.4 is 19.5 Å². The molecule has 0 saturated heterocycles. The maximum Gasteiger partial charge on any atom is 0.253 e. The summed E-state index contributed by atoms with van der Waals surface area (Å²) in [7, 11) is 4.26. The maximum atomic E-state index is 12.0. The summed E-state index contributed by atoms with van der Waals surface area (Å²) in [6, 6.07) is 2.81. The molecule has 0 heterocycles. The van der Waals surface area contributed by atoms with E-state index in [1.165, 1.54) is 33.5 Å². The fraction of sp³-hybridized carbons (Fsp3) is 0.417. The maximum absolute atomic E-state index is 12.0. The summed E-state index contributed by atoms with van der Waals surface area (Å²) in [5, 5.41) is 11.7. The van der Waals surface area contributed by atoms with Gasteiger partial charge in [0.2, 0.25) is 9.54 Å². The average Bonchev–Trinajstić information content (AvgIpc) is 2.44. The third-order valence-corrected chi connectivity index (χ3v) is 3.12. The van der Waals surface area contributed by atoms with Gasteiger partial charge in [-0.05, 0) is 12.1 Å². The van der Waals surface area contributed by atoms with Crippen molar-refractivity contribution in [2.75, 3.05) is 21.3 Å². The van der Waals surface area contributed by atoms with Crippen LogP contribution in [-0.2, 0) is 0 Å². The van der Waals surface area contributed by atoms with Gasteiger partial charge in [-0.1, -0.05) is 34.8 Å². The number of rotatable bonds is 5. The van der Waals surface area contributed by atoms with Crippen LogP contribution in [0, 0.1) is 0 Å². The molecule has 0 saturated carbocycles. The molecule has 0 radical (unpaired) electrons. The quantitative estimate of drug-likeness (QED) is 0.623. The minimum atomic E-state index is -2.05. The number of benzene rings is 1. The molecular formula is C12H14Cl3NO5. The Morgan fingerprint density at radius 1 is 1.14 bits per heavy atom. The van der Waals surface area contributed by atoms with E-state index in [1.54, 1.807) is 0 Å². The molecule has 0 aliphatic rings. The van der Waals surface area contributed by atoms with Crippen molar-refractivity contribution >= 4 is 40.7 Å². The predicted molar refractivity (Wildman–Crippen MR) is 79.9 cm³/mol. The van der Waals surface area contributed by atoms with Gasteiger partial charge in [-0.3, -0.25) is 4.79 Å². The zero-order chi connectivity index (χ0) is 16.2. The summed E-state index contributed by atoms with van der Waals surface area (Å²) < 4.78 is 13.3. The molecule has 1 aromatic rings. The number of ether oxygens (including phenoxy) is 3. The molecule has 1 amide bonds. The van der Waals surface area contributed by atoms with Crippen LogP contribution in [0.1, 0.15) is 10.4 Å². The van der Waals surface area contributed by atoms with Crippen LogP contribution in [0.15, 0.2) is 12.1 Å². The molecule has 0 fully saturated rings. The Morgan fingerprint density at radius 3 is 1.95 bits per heavy atom. The summed E-state index contributed by atoms with van der Waals surface area (Å²) in [6.07, 6.45) is -1.67. The van der Waals surface area contributed by atoms with Gasteiger partial charge in [-0.25, -0.2) is 0 Å². The molecule has 0 aliphatic heterocycles. The highest BCUT2D eigenvalue weighted by atomic mass is 35.6. The Kier molecular flexibility index (Phi) is 6.22. The van der Waals surface area contributed by atoms with E-state index in [0.29, 0.717) is 5.75 Å². The molecule has 118 valence electrons. The van der Waals surface area contributed by atoms with E-state index in [0.717, 1.165) is 0 Å². The number of carbonyl (C=O) groups excluding carboxylic acids is 1. The molecule has 2 N–H and O–H groups in total. The molecule has 1 unspecified atom stereocenters. The van der Waals surface area contributed by atoms with Crippen LogP contribution in [0.5, 0.6) is 17.2 Å². The van der Waals surface area contributed by atoms with Crippen molar-refractivity contribution in [1.29, 1.82) is 0 Å². The summed E-state index contributed by atoms with van der Waals surface area (Å²) in [4.78, 5) is 12.0. The summed E-state index contributed by atoms with van der Waals surface area (Å²) in [6.45, 7) is 0. The van der Waals surface area contributed by atoms with Gasteiger partial charge in [0.1, 0.15) is 0 Å². The van der Waals surface area contributed by atoms with E-state index in [9.17, 15) is 9.90 Å². The highest BCUT2D eigenvalue weighted by molar-refractivity contribution is 6.68. The third kappa shape index (κ3) is 4.44. The second-order valence-electron chi connectivity index (χ2n) is 3.83. The normalized spacial score (nSPS) is 12.5. The standard InChI is InChI=1S/C12H14Cl3NO5/c1-19-7-4-6(5-8(20-2)9(7)21-3)10(17)16-11(18)12(13,14)15/h4-5,11,18H,1-3H3,(H,16,17). The number of amides is 1. The van der Waals surface area contributed by atoms with Crippen LogP contribution in [0.4, 0.5) is 0 Å². The monoisotopic (exact) mass is 357 g/mol. The molecule has 0 bridgehead atoms. The van der Waals surface area contributed by atoms with Crippen molar-refractivity contribution < 1.29 is 24.1 Å². The Morgan fingerprint density at radius 2 is 1.62 bits per heavy atom. The van der Waals surface area contributed by atoms with Crippen molar-refractivity contribution in [3.8, 4) is 17.2 Å². The second-order valence-corrected chi connectivity index (χ2v) is 6.20. The lowest BCUT2D eigenvalue weighted by molar-refractivity contribution is 0.0791. The SMILES string of the molecule is COc1cc(C(=O)NC(O)C(Cl)(Cl)Cl)cc(OC)c1OC. The van der Waals surface area contributed by atoms with Crippen molar-refractivity contribution in [3.63, 3.8) is 0 Å². The van der Waals surface area contributed by atoms with Gasteiger partial charge in [-0.2, -0.15) is 0 Å². The third-order valence-electron chi connectivity index (χ3n) is 2.50. The minimum Gasteiger partial charge on any atom is -0.493 e. The van der Waals surface area contributed by atoms with Crippen LogP contribution in [0.2, 0.25) is 0 Å². The summed E-state index contributed by atoms with van der Waals surface area (Å²) in [5.41, 5.74) is 0.137. The predicted octanol–water partition coefficient (Wildman–Crippen LogP) is 2.13. The second kappa shape index (κ2) is 7.26. The first-order valence-corrected chi connectivity index (χ1v) is 6.73. The number of nitrogens with one attached hydrogen (secondary N) is 1. The van der Waals surface area contributed by atoms with E-state index in [4.69, 9.17) is 49.0 Å². The number of methoxy groups -OCH3 is 3. The fourth-order valence-corrected chi connectivity index (χ4v) is 1.67. The van der Waals surface area contributed by atoms with E-state index < -0.39 is 15.9 Å². The minimum absolute atomic E-state index is 0.137. The number of hydrogen-bond donors (Lipinski definition) is 2. The average molecular weight is 359 g/mol. The summed E-state index contributed by atoms with van der Waals surface area (Å²) in [5.74, 6) is 0.224. The van der Waals surface area contributed by atoms with Gasteiger partial charge in [0.05, 0.1) is 21.3 Å². The van der Waals surface area contributed by atoms with E-state index in [2.05, 4.69) is 5.32 Å². The molecule has 1 rings (SSSR count). The number of carbonyl (C=O) groups is 1. The smallest absolute Gasteiger partial charge is 0.253 e. The van der Waals surface area contributed by atoms with Gasteiger partial charge in [0.15, 0.2) is 17.7 Å². The molecule has 9 heteroatoms.